The number of fused-ring (bicyclic) bond motifs is 5. The van der Waals surface area contributed by atoms with E-state index in [2.05, 4.69) is 19.9 Å². The number of hydrogen-bond donors (Lipinski definition) is 1. The molecule has 0 amide bonds. The summed E-state index contributed by atoms with van der Waals surface area (Å²) < 4.78 is 6.17. The molecule has 0 aromatic heterocycles. The quantitative estimate of drug-likeness (QED) is 0.728. The molecule has 4 rings (SSSR count). The molecular formula is C20H30O3. The van der Waals surface area contributed by atoms with Gasteiger partial charge in [-0.05, 0) is 73.7 Å². The number of allylic oxidation sites excluding steroid dienone is 1. The molecular weight excluding hydrogens is 288 g/mol. The lowest BCUT2D eigenvalue weighted by Gasteiger charge is -2.59. The van der Waals surface area contributed by atoms with Crippen molar-refractivity contribution in [2.45, 2.75) is 71.8 Å². The van der Waals surface area contributed by atoms with Gasteiger partial charge in [-0.15, -0.1) is 0 Å². The highest BCUT2D eigenvalue weighted by Gasteiger charge is 2.60. The summed E-state index contributed by atoms with van der Waals surface area (Å²) in [6.45, 7) is 7.65. The van der Waals surface area contributed by atoms with Gasteiger partial charge >= 0.3 is 5.97 Å². The number of rotatable bonds is 1. The van der Waals surface area contributed by atoms with E-state index in [4.69, 9.17) is 4.74 Å². The highest BCUT2D eigenvalue weighted by Crippen LogP contribution is 2.65. The van der Waals surface area contributed by atoms with Gasteiger partial charge < -0.3 is 9.84 Å². The number of ether oxygens (including phenoxy) is 1. The van der Waals surface area contributed by atoms with Gasteiger partial charge in [0, 0.05) is 6.61 Å². The Balaban J connectivity index is 1.75. The van der Waals surface area contributed by atoms with Crippen LogP contribution in [0, 0.1) is 28.1 Å². The zero-order valence-corrected chi connectivity index (χ0v) is 14.7. The maximum Gasteiger partial charge on any atom is 0.309 e. The average molecular weight is 318 g/mol. The van der Waals surface area contributed by atoms with Crippen molar-refractivity contribution < 1.29 is 14.6 Å². The summed E-state index contributed by atoms with van der Waals surface area (Å²) in [6, 6.07) is 0. The fourth-order valence-electron chi connectivity index (χ4n) is 6.65. The van der Waals surface area contributed by atoms with Gasteiger partial charge in [0.1, 0.15) is 0 Å². The summed E-state index contributed by atoms with van der Waals surface area (Å²) in [6.07, 6.45) is 10.3. The molecule has 0 aromatic carbocycles. The molecule has 6 atom stereocenters. The van der Waals surface area contributed by atoms with Crippen molar-refractivity contribution in [2.75, 3.05) is 6.61 Å². The predicted molar refractivity (Wildman–Crippen MR) is 89.1 cm³/mol. The Morgan fingerprint density at radius 2 is 2.00 bits per heavy atom. The minimum Gasteiger partial charge on any atom is -0.481 e. The Bertz CT molecular complexity index is 567. The van der Waals surface area contributed by atoms with Crippen molar-refractivity contribution in [3.8, 4) is 0 Å². The first-order valence-corrected chi connectivity index (χ1v) is 9.36. The largest absolute Gasteiger partial charge is 0.481 e. The molecule has 0 bridgehead atoms. The van der Waals surface area contributed by atoms with E-state index < -0.39 is 11.4 Å². The van der Waals surface area contributed by atoms with Crippen molar-refractivity contribution in [1.29, 1.82) is 0 Å². The summed E-state index contributed by atoms with van der Waals surface area (Å²) in [5.74, 6) is 0.195. The van der Waals surface area contributed by atoms with Crippen LogP contribution in [0.5, 0.6) is 0 Å². The molecule has 128 valence electrons. The van der Waals surface area contributed by atoms with Crippen LogP contribution in [0.25, 0.3) is 0 Å². The Morgan fingerprint density at radius 1 is 1.22 bits per heavy atom. The van der Waals surface area contributed by atoms with Crippen molar-refractivity contribution >= 4 is 5.97 Å². The summed E-state index contributed by atoms with van der Waals surface area (Å²) in [5.41, 5.74) is 1.40. The normalized spacial score (nSPS) is 52.1. The number of carbonyl (C=O) groups is 1. The van der Waals surface area contributed by atoms with E-state index in [9.17, 15) is 9.90 Å². The van der Waals surface area contributed by atoms with Gasteiger partial charge in [0.15, 0.2) is 0 Å². The van der Waals surface area contributed by atoms with Crippen LogP contribution in [0.4, 0.5) is 0 Å². The van der Waals surface area contributed by atoms with Crippen LogP contribution in [-0.4, -0.2) is 23.8 Å². The molecule has 3 aliphatic carbocycles. The first-order valence-electron chi connectivity index (χ1n) is 9.36. The van der Waals surface area contributed by atoms with E-state index in [1.165, 1.54) is 31.3 Å². The van der Waals surface area contributed by atoms with Gasteiger partial charge in [-0.3, -0.25) is 4.79 Å². The SMILES string of the molecule is CC12CCOC1C1=CCC3C(C)(C(=O)O)CCCC3(C)C1CC2. The van der Waals surface area contributed by atoms with Gasteiger partial charge in [-0.2, -0.15) is 0 Å². The predicted octanol–water partition coefficient (Wildman–Crippen LogP) is 4.42. The van der Waals surface area contributed by atoms with E-state index in [-0.39, 0.29) is 17.4 Å². The van der Waals surface area contributed by atoms with Crippen molar-refractivity contribution in [3.05, 3.63) is 11.6 Å². The highest BCUT2D eigenvalue weighted by molar-refractivity contribution is 5.75. The fourth-order valence-corrected chi connectivity index (χ4v) is 6.65. The Hall–Kier alpha value is -0.830. The Kier molecular flexibility index (Phi) is 3.30. The maximum atomic E-state index is 12.0. The van der Waals surface area contributed by atoms with Crippen LogP contribution in [-0.2, 0) is 9.53 Å². The van der Waals surface area contributed by atoms with Crippen molar-refractivity contribution in [1.82, 2.24) is 0 Å². The molecule has 0 radical (unpaired) electrons. The number of hydrogen-bond acceptors (Lipinski definition) is 2. The molecule has 2 saturated carbocycles. The van der Waals surface area contributed by atoms with E-state index in [0.29, 0.717) is 11.3 Å². The molecule has 1 heterocycles. The summed E-state index contributed by atoms with van der Waals surface area (Å²) in [4.78, 5) is 12.0. The monoisotopic (exact) mass is 318 g/mol. The van der Waals surface area contributed by atoms with E-state index in [1.54, 1.807) is 0 Å². The van der Waals surface area contributed by atoms with E-state index in [0.717, 1.165) is 25.9 Å². The minimum atomic E-state index is -0.594. The standard InChI is InChI=1S/C20H30O3/c1-18-10-7-14-13(16(18)23-12-11-18)5-6-15-19(14,2)8-4-9-20(15,3)17(21)22/h5,14-16H,4,6-12H2,1-3H3,(H,21,22). The van der Waals surface area contributed by atoms with Crippen LogP contribution >= 0.6 is 0 Å². The lowest BCUT2D eigenvalue weighted by atomic mass is 9.45. The Morgan fingerprint density at radius 3 is 2.74 bits per heavy atom. The fraction of sp³-hybridized carbons (Fsp3) is 0.850. The first-order chi connectivity index (χ1) is 10.8. The van der Waals surface area contributed by atoms with Crippen LogP contribution in [0.3, 0.4) is 0 Å². The number of carboxylic acid groups (broad SMARTS) is 1. The van der Waals surface area contributed by atoms with E-state index >= 15 is 0 Å². The van der Waals surface area contributed by atoms with Crippen molar-refractivity contribution in [3.63, 3.8) is 0 Å². The summed E-state index contributed by atoms with van der Waals surface area (Å²) >= 11 is 0. The van der Waals surface area contributed by atoms with E-state index in [1.807, 2.05) is 6.92 Å². The second-order valence-corrected chi connectivity index (χ2v) is 9.32. The van der Waals surface area contributed by atoms with Crippen LogP contribution in [0.2, 0.25) is 0 Å². The summed E-state index contributed by atoms with van der Waals surface area (Å²) in [5, 5.41) is 9.89. The summed E-state index contributed by atoms with van der Waals surface area (Å²) in [7, 11) is 0. The van der Waals surface area contributed by atoms with Gasteiger partial charge in [-0.1, -0.05) is 26.3 Å². The molecule has 3 nitrogen and oxygen atoms in total. The molecule has 1 aliphatic heterocycles. The van der Waals surface area contributed by atoms with Gasteiger partial charge in [-0.25, -0.2) is 0 Å². The third-order valence-electron chi connectivity index (χ3n) is 8.15. The zero-order valence-electron chi connectivity index (χ0n) is 14.7. The highest BCUT2D eigenvalue weighted by atomic mass is 16.5. The zero-order chi connectivity index (χ0) is 16.5. The topological polar surface area (TPSA) is 46.5 Å². The molecule has 3 heteroatoms. The van der Waals surface area contributed by atoms with Crippen LogP contribution < -0.4 is 0 Å². The van der Waals surface area contributed by atoms with Gasteiger partial charge in [0.2, 0.25) is 0 Å². The van der Waals surface area contributed by atoms with Gasteiger partial charge in [0.25, 0.3) is 0 Å². The van der Waals surface area contributed by atoms with Gasteiger partial charge in [0.05, 0.1) is 11.5 Å². The Labute approximate surface area is 139 Å². The molecule has 1 saturated heterocycles. The second-order valence-electron chi connectivity index (χ2n) is 9.32. The molecule has 0 aromatic rings. The molecule has 3 fully saturated rings. The molecule has 4 aliphatic rings. The second kappa shape index (κ2) is 4.84. The average Bonchev–Trinajstić information content (AvgIpc) is 2.88. The van der Waals surface area contributed by atoms with Crippen molar-refractivity contribution in [2.24, 2.45) is 28.1 Å². The lowest BCUT2D eigenvalue weighted by Crippen LogP contribution is -2.55. The third kappa shape index (κ3) is 1.95. The number of aliphatic carboxylic acids is 1. The minimum absolute atomic E-state index is 0.128. The smallest absolute Gasteiger partial charge is 0.309 e. The molecule has 1 N–H and O–H groups in total. The lowest BCUT2D eigenvalue weighted by molar-refractivity contribution is -0.163. The molecule has 0 spiro atoms. The number of carboxylic acids is 1. The molecule has 6 unspecified atom stereocenters. The maximum absolute atomic E-state index is 12.0. The van der Waals surface area contributed by atoms with Crippen LogP contribution in [0.15, 0.2) is 11.6 Å². The molecule has 23 heavy (non-hydrogen) atoms. The first kappa shape index (κ1) is 15.7. The third-order valence-corrected chi connectivity index (χ3v) is 8.15. The van der Waals surface area contributed by atoms with Crippen LogP contribution in [0.1, 0.15) is 65.7 Å².